The molecule has 0 aliphatic heterocycles. The maximum atomic E-state index is 12.9. The first kappa shape index (κ1) is 15.3. The largest absolute Gasteiger partial charge is 0.370 e. The van der Waals surface area contributed by atoms with Crippen LogP contribution in [0.4, 0.5) is 15.8 Å². The molecule has 0 spiro atoms. The fraction of sp³-hybridized carbons (Fsp3) is 0.200. The van der Waals surface area contributed by atoms with Gasteiger partial charge in [-0.15, -0.1) is 11.6 Å². The number of nitro groups is 1. The van der Waals surface area contributed by atoms with Gasteiger partial charge in [0, 0.05) is 37.3 Å². The molecule has 2 aromatic rings. The molecule has 0 aliphatic carbocycles. The smallest absolute Gasteiger partial charge is 0.269 e. The maximum absolute atomic E-state index is 12.9. The van der Waals surface area contributed by atoms with Crippen LogP contribution in [-0.4, -0.2) is 12.0 Å². The molecule has 0 fully saturated rings. The first-order chi connectivity index (χ1) is 10.0. The summed E-state index contributed by atoms with van der Waals surface area (Å²) in [4.78, 5) is 12.3. The molecular formula is C15H14ClFN2O2. The Labute approximate surface area is 126 Å². The zero-order valence-electron chi connectivity index (χ0n) is 11.4. The molecule has 6 heteroatoms. The molecule has 21 heavy (non-hydrogen) atoms. The summed E-state index contributed by atoms with van der Waals surface area (Å²) in [5.41, 5.74) is 2.47. The van der Waals surface area contributed by atoms with Crippen molar-refractivity contribution in [2.75, 3.05) is 11.9 Å². The number of anilines is 1. The van der Waals surface area contributed by atoms with Gasteiger partial charge >= 0.3 is 0 Å². The van der Waals surface area contributed by atoms with E-state index in [1.165, 1.54) is 24.3 Å². The molecule has 0 atom stereocenters. The van der Waals surface area contributed by atoms with Gasteiger partial charge in [-0.05, 0) is 29.3 Å². The van der Waals surface area contributed by atoms with Gasteiger partial charge in [0.05, 0.1) is 4.92 Å². The van der Waals surface area contributed by atoms with Crippen molar-refractivity contribution in [2.24, 2.45) is 0 Å². The number of nitro benzene ring substituents is 1. The summed E-state index contributed by atoms with van der Waals surface area (Å²) in [6.07, 6.45) is 0. The molecule has 0 saturated heterocycles. The Morgan fingerprint density at radius 1 is 1.24 bits per heavy atom. The van der Waals surface area contributed by atoms with Gasteiger partial charge < -0.3 is 4.90 Å². The second-order valence-corrected chi connectivity index (χ2v) is 4.95. The number of nitrogens with zero attached hydrogens (tertiary/aromatic N) is 2. The minimum Gasteiger partial charge on any atom is -0.370 e. The summed E-state index contributed by atoms with van der Waals surface area (Å²) < 4.78 is 12.9. The van der Waals surface area contributed by atoms with E-state index in [1.54, 1.807) is 18.2 Å². The average Bonchev–Trinajstić information content (AvgIpc) is 2.48. The quantitative estimate of drug-likeness (QED) is 0.474. The van der Waals surface area contributed by atoms with Gasteiger partial charge in [0.15, 0.2) is 0 Å². The topological polar surface area (TPSA) is 46.4 Å². The normalized spacial score (nSPS) is 10.4. The highest BCUT2D eigenvalue weighted by Crippen LogP contribution is 2.27. The second kappa shape index (κ2) is 6.54. The van der Waals surface area contributed by atoms with Crippen molar-refractivity contribution in [1.82, 2.24) is 0 Å². The third kappa shape index (κ3) is 3.70. The van der Waals surface area contributed by atoms with Crippen LogP contribution in [0.5, 0.6) is 0 Å². The Morgan fingerprint density at radius 3 is 2.48 bits per heavy atom. The van der Waals surface area contributed by atoms with Gasteiger partial charge in [-0.25, -0.2) is 4.39 Å². The molecule has 0 bridgehead atoms. The molecule has 0 radical (unpaired) electrons. The van der Waals surface area contributed by atoms with Crippen LogP contribution in [0, 0.1) is 15.9 Å². The van der Waals surface area contributed by atoms with Crippen LogP contribution in [0.25, 0.3) is 0 Å². The summed E-state index contributed by atoms with van der Waals surface area (Å²) >= 11 is 5.88. The molecule has 0 aromatic heterocycles. The molecule has 4 nitrogen and oxygen atoms in total. The first-order valence-electron chi connectivity index (χ1n) is 6.30. The Kier molecular flexibility index (Phi) is 4.75. The Balaban J connectivity index is 2.23. The van der Waals surface area contributed by atoms with Crippen LogP contribution in [0.1, 0.15) is 11.1 Å². The number of rotatable bonds is 5. The SMILES string of the molecule is CN(Cc1ccc(F)cc1)c1ccc([N+](=O)[O-])cc1CCl. The minimum atomic E-state index is -0.445. The molecule has 0 aliphatic rings. The summed E-state index contributed by atoms with van der Waals surface area (Å²) in [7, 11) is 1.86. The van der Waals surface area contributed by atoms with E-state index < -0.39 is 4.92 Å². The van der Waals surface area contributed by atoms with Crippen molar-refractivity contribution in [2.45, 2.75) is 12.4 Å². The van der Waals surface area contributed by atoms with Crippen molar-refractivity contribution < 1.29 is 9.31 Å². The van der Waals surface area contributed by atoms with Gasteiger partial charge in [0.1, 0.15) is 5.82 Å². The van der Waals surface area contributed by atoms with Gasteiger partial charge in [0.25, 0.3) is 5.69 Å². The van der Waals surface area contributed by atoms with E-state index in [0.29, 0.717) is 12.1 Å². The predicted octanol–water partition coefficient (Wildman–Crippen LogP) is 4.11. The zero-order valence-corrected chi connectivity index (χ0v) is 12.2. The van der Waals surface area contributed by atoms with Crippen LogP contribution in [0.2, 0.25) is 0 Å². The zero-order chi connectivity index (χ0) is 15.4. The summed E-state index contributed by atoms with van der Waals surface area (Å²) in [5.74, 6) is -0.0942. The summed E-state index contributed by atoms with van der Waals surface area (Å²) in [6.45, 7) is 0.558. The van der Waals surface area contributed by atoms with Crippen molar-refractivity contribution in [3.63, 3.8) is 0 Å². The molecule has 0 N–H and O–H groups in total. The number of halogens is 2. The summed E-state index contributed by atoms with van der Waals surface area (Å²) in [6, 6.07) is 10.8. The molecule has 2 rings (SSSR count). The van der Waals surface area contributed by atoms with Gasteiger partial charge in [-0.2, -0.15) is 0 Å². The maximum Gasteiger partial charge on any atom is 0.269 e. The Morgan fingerprint density at radius 2 is 1.90 bits per heavy atom. The number of non-ortho nitro benzene ring substituents is 1. The monoisotopic (exact) mass is 308 g/mol. The van der Waals surface area contributed by atoms with Crippen molar-refractivity contribution in [1.29, 1.82) is 0 Å². The van der Waals surface area contributed by atoms with E-state index >= 15 is 0 Å². The van der Waals surface area contributed by atoms with E-state index in [2.05, 4.69) is 0 Å². The number of alkyl halides is 1. The predicted molar refractivity (Wildman–Crippen MR) is 81.2 cm³/mol. The van der Waals surface area contributed by atoms with Crippen molar-refractivity contribution in [3.05, 3.63) is 69.5 Å². The minimum absolute atomic E-state index is 0.0181. The third-order valence-corrected chi connectivity index (χ3v) is 3.45. The standard InChI is InChI=1S/C15H14ClFN2O2/c1-18(10-11-2-4-13(17)5-3-11)15-7-6-14(19(20)21)8-12(15)9-16/h2-8H,9-10H2,1H3. The van der Waals surface area contributed by atoms with Crippen LogP contribution < -0.4 is 4.90 Å². The van der Waals surface area contributed by atoms with Crippen LogP contribution in [0.3, 0.4) is 0 Å². The Bertz CT molecular complexity index is 647. The molecule has 2 aromatic carbocycles. The van der Waals surface area contributed by atoms with Crippen LogP contribution in [0.15, 0.2) is 42.5 Å². The number of hydrogen-bond donors (Lipinski definition) is 0. The molecule has 0 unspecified atom stereocenters. The van der Waals surface area contributed by atoms with E-state index in [-0.39, 0.29) is 17.4 Å². The number of hydrogen-bond acceptors (Lipinski definition) is 3. The van der Waals surface area contributed by atoms with Crippen molar-refractivity contribution in [3.8, 4) is 0 Å². The van der Waals surface area contributed by atoms with Crippen LogP contribution >= 0.6 is 11.6 Å². The second-order valence-electron chi connectivity index (χ2n) is 4.69. The van der Waals surface area contributed by atoms with Gasteiger partial charge in [-0.1, -0.05) is 12.1 Å². The van der Waals surface area contributed by atoms with Crippen LogP contribution in [-0.2, 0) is 12.4 Å². The lowest BCUT2D eigenvalue weighted by molar-refractivity contribution is -0.384. The van der Waals surface area contributed by atoms with Gasteiger partial charge in [-0.3, -0.25) is 10.1 Å². The molecular weight excluding hydrogens is 295 g/mol. The lowest BCUT2D eigenvalue weighted by atomic mass is 10.1. The molecule has 0 saturated carbocycles. The fourth-order valence-electron chi connectivity index (χ4n) is 2.11. The highest BCUT2D eigenvalue weighted by Gasteiger charge is 2.13. The fourth-order valence-corrected chi connectivity index (χ4v) is 2.33. The van der Waals surface area contributed by atoms with Gasteiger partial charge in [0.2, 0.25) is 0 Å². The molecule has 0 amide bonds. The highest BCUT2D eigenvalue weighted by molar-refractivity contribution is 6.17. The van der Waals surface area contributed by atoms with E-state index in [9.17, 15) is 14.5 Å². The average molecular weight is 309 g/mol. The first-order valence-corrected chi connectivity index (χ1v) is 6.83. The Hall–Kier alpha value is -2.14. The lowest BCUT2D eigenvalue weighted by Crippen LogP contribution is -2.17. The lowest BCUT2D eigenvalue weighted by Gasteiger charge is -2.22. The van der Waals surface area contributed by atoms with Crippen molar-refractivity contribution >= 4 is 23.0 Å². The highest BCUT2D eigenvalue weighted by atomic mass is 35.5. The molecule has 0 heterocycles. The number of benzene rings is 2. The van der Waals surface area contributed by atoms with E-state index in [0.717, 1.165) is 11.3 Å². The summed E-state index contributed by atoms with van der Waals surface area (Å²) in [5, 5.41) is 10.8. The molecule has 110 valence electrons. The van der Waals surface area contributed by atoms with E-state index in [4.69, 9.17) is 11.6 Å². The van der Waals surface area contributed by atoms with E-state index in [1.807, 2.05) is 11.9 Å². The third-order valence-electron chi connectivity index (χ3n) is 3.16.